The molecule has 0 radical (unpaired) electrons. The first-order valence-electron chi connectivity index (χ1n) is 6.02. The molecule has 98 valence electrons. The average molecular weight is 254 g/mol. The molecule has 1 N–H and O–H groups in total. The van der Waals surface area contributed by atoms with Crippen molar-refractivity contribution in [2.75, 3.05) is 19.6 Å². The largest absolute Gasteiger partial charge is 0.340 e. The Morgan fingerprint density at radius 1 is 1.44 bits per heavy atom. The van der Waals surface area contributed by atoms with E-state index >= 15 is 0 Å². The molecule has 0 aliphatic carbocycles. The van der Waals surface area contributed by atoms with E-state index in [1.807, 2.05) is 6.92 Å². The van der Waals surface area contributed by atoms with Crippen molar-refractivity contribution < 1.29 is 13.6 Å². The lowest BCUT2D eigenvalue weighted by molar-refractivity contribution is -0.131. The zero-order chi connectivity index (χ0) is 13.1. The molecule has 5 heteroatoms. The summed E-state index contributed by atoms with van der Waals surface area (Å²) >= 11 is 0. The van der Waals surface area contributed by atoms with Gasteiger partial charge in [0.2, 0.25) is 5.91 Å². The Bertz CT molecular complexity index is 430. The van der Waals surface area contributed by atoms with Crippen molar-refractivity contribution in [3.63, 3.8) is 0 Å². The molecule has 1 aromatic carbocycles. The number of nitrogens with one attached hydrogen (secondary N) is 1. The van der Waals surface area contributed by atoms with Gasteiger partial charge in [-0.25, -0.2) is 8.78 Å². The van der Waals surface area contributed by atoms with Gasteiger partial charge in [-0.05, 0) is 19.1 Å². The average Bonchev–Trinajstić information content (AvgIpc) is 2.34. The maximum Gasteiger partial charge on any atom is 0.227 e. The summed E-state index contributed by atoms with van der Waals surface area (Å²) in [5.74, 6) is -1.55. The zero-order valence-electron chi connectivity index (χ0n) is 10.2. The molecule has 1 atom stereocenters. The van der Waals surface area contributed by atoms with Crippen LogP contribution in [0.15, 0.2) is 18.2 Å². The van der Waals surface area contributed by atoms with Crippen LogP contribution in [-0.4, -0.2) is 36.5 Å². The summed E-state index contributed by atoms with van der Waals surface area (Å²) in [7, 11) is 0. The van der Waals surface area contributed by atoms with Gasteiger partial charge in [0.05, 0.1) is 6.42 Å². The fourth-order valence-electron chi connectivity index (χ4n) is 2.12. The van der Waals surface area contributed by atoms with Crippen molar-refractivity contribution in [3.05, 3.63) is 35.4 Å². The number of benzene rings is 1. The maximum atomic E-state index is 13.4. The molecular weight excluding hydrogens is 238 g/mol. The predicted octanol–water partition coefficient (Wildman–Crippen LogP) is 1.33. The lowest BCUT2D eigenvalue weighted by atomic mass is 10.1. The van der Waals surface area contributed by atoms with E-state index < -0.39 is 11.6 Å². The molecule has 1 heterocycles. The number of piperazine rings is 1. The SMILES string of the molecule is C[C@@H]1CN(C(=O)Cc2c(F)cccc2F)CCN1. The Morgan fingerprint density at radius 2 is 2.11 bits per heavy atom. The molecule has 0 spiro atoms. The monoisotopic (exact) mass is 254 g/mol. The summed E-state index contributed by atoms with van der Waals surface area (Å²) in [4.78, 5) is 13.6. The quantitative estimate of drug-likeness (QED) is 0.863. The van der Waals surface area contributed by atoms with Crippen LogP contribution in [0.25, 0.3) is 0 Å². The van der Waals surface area contributed by atoms with Crippen LogP contribution in [0.3, 0.4) is 0 Å². The van der Waals surface area contributed by atoms with Gasteiger partial charge >= 0.3 is 0 Å². The van der Waals surface area contributed by atoms with Crippen molar-refractivity contribution in [3.8, 4) is 0 Å². The fraction of sp³-hybridized carbons (Fsp3) is 0.462. The van der Waals surface area contributed by atoms with Crippen LogP contribution in [0, 0.1) is 11.6 Å². The van der Waals surface area contributed by atoms with E-state index in [9.17, 15) is 13.6 Å². The third-order valence-electron chi connectivity index (χ3n) is 3.11. The van der Waals surface area contributed by atoms with E-state index in [1.54, 1.807) is 4.90 Å². The van der Waals surface area contributed by atoms with Gasteiger partial charge in [0.25, 0.3) is 0 Å². The summed E-state index contributed by atoms with van der Waals surface area (Å²) in [6.07, 6.45) is -0.217. The van der Waals surface area contributed by atoms with E-state index in [2.05, 4.69) is 5.32 Å². The highest BCUT2D eigenvalue weighted by molar-refractivity contribution is 5.79. The molecule has 0 saturated carbocycles. The van der Waals surface area contributed by atoms with Gasteiger partial charge in [-0.3, -0.25) is 4.79 Å². The lowest BCUT2D eigenvalue weighted by Crippen LogP contribution is -2.51. The highest BCUT2D eigenvalue weighted by Gasteiger charge is 2.22. The van der Waals surface area contributed by atoms with Crippen LogP contribution in [-0.2, 0) is 11.2 Å². The van der Waals surface area contributed by atoms with Gasteiger partial charge in [-0.2, -0.15) is 0 Å². The van der Waals surface area contributed by atoms with Gasteiger partial charge in [-0.15, -0.1) is 0 Å². The smallest absolute Gasteiger partial charge is 0.227 e. The first-order valence-corrected chi connectivity index (χ1v) is 6.02. The summed E-state index contributed by atoms with van der Waals surface area (Å²) in [5, 5.41) is 3.21. The number of amides is 1. The molecule has 1 aromatic rings. The molecule has 0 aromatic heterocycles. The van der Waals surface area contributed by atoms with Gasteiger partial charge in [0.1, 0.15) is 11.6 Å². The minimum absolute atomic E-state index is 0.145. The van der Waals surface area contributed by atoms with E-state index in [-0.39, 0.29) is 23.9 Å². The normalized spacial score (nSPS) is 19.9. The highest BCUT2D eigenvalue weighted by atomic mass is 19.1. The first-order chi connectivity index (χ1) is 8.58. The minimum atomic E-state index is -0.661. The van der Waals surface area contributed by atoms with Crippen molar-refractivity contribution in [1.29, 1.82) is 0 Å². The summed E-state index contributed by atoms with van der Waals surface area (Å²) < 4.78 is 26.9. The number of nitrogens with zero attached hydrogens (tertiary/aromatic N) is 1. The van der Waals surface area contributed by atoms with Gasteiger partial charge in [-0.1, -0.05) is 6.07 Å². The van der Waals surface area contributed by atoms with E-state index in [4.69, 9.17) is 0 Å². The van der Waals surface area contributed by atoms with Crippen LogP contribution < -0.4 is 5.32 Å². The van der Waals surface area contributed by atoms with Crippen LogP contribution >= 0.6 is 0 Å². The third kappa shape index (κ3) is 2.85. The second-order valence-electron chi connectivity index (χ2n) is 4.57. The molecular formula is C13H16F2N2O. The zero-order valence-corrected chi connectivity index (χ0v) is 10.2. The lowest BCUT2D eigenvalue weighted by Gasteiger charge is -2.32. The number of carbonyl (C=O) groups excluding carboxylic acids is 1. The van der Waals surface area contributed by atoms with E-state index in [1.165, 1.54) is 18.2 Å². The second-order valence-corrected chi connectivity index (χ2v) is 4.57. The Kier molecular flexibility index (Phi) is 3.91. The van der Waals surface area contributed by atoms with Crippen molar-refractivity contribution >= 4 is 5.91 Å². The van der Waals surface area contributed by atoms with Crippen molar-refractivity contribution in [1.82, 2.24) is 10.2 Å². The molecule has 1 amide bonds. The van der Waals surface area contributed by atoms with Crippen LogP contribution in [0.4, 0.5) is 8.78 Å². The Morgan fingerprint density at radius 3 is 2.72 bits per heavy atom. The molecule has 1 saturated heterocycles. The maximum absolute atomic E-state index is 13.4. The van der Waals surface area contributed by atoms with Crippen LogP contribution in [0.5, 0.6) is 0 Å². The summed E-state index contributed by atoms with van der Waals surface area (Å²) in [5.41, 5.74) is -0.145. The van der Waals surface area contributed by atoms with Crippen LogP contribution in [0.1, 0.15) is 12.5 Å². The van der Waals surface area contributed by atoms with Crippen molar-refractivity contribution in [2.24, 2.45) is 0 Å². The van der Waals surface area contributed by atoms with Gasteiger partial charge < -0.3 is 10.2 Å². The number of hydrogen-bond acceptors (Lipinski definition) is 2. The Balaban J connectivity index is 2.07. The number of hydrogen-bond donors (Lipinski definition) is 1. The van der Waals surface area contributed by atoms with Gasteiger partial charge in [0, 0.05) is 31.2 Å². The molecule has 0 unspecified atom stereocenters. The first kappa shape index (κ1) is 13.0. The third-order valence-corrected chi connectivity index (χ3v) is 3.11. The standard InChI is InChI=1S/C13H16F2N2O/c1-9-8-17(6-5-16-9)13(18)7-10-11(14)3-2-4-12(10)15/h2-4,9,16H,5-8H2,1H3/t9-/m1/s1. The minimum Gasteiger partial charge on any atom is -0.340 e. The molecule has 18 heavy (non-hydrogen) atoms. The summed E-state index contributed by atoms with van der Waals surface area (Å²) in [6, 6.07) is 3.86. The fourth-order valence-corrected chi connectivity index (χ4v) is 2.12. The number of halogens is 2. The second kappa shape index (κ2) is 5.44. The molecule has 1 fully saturated rings. The van der Waals surface area contributed by atoms with E-state index in [0.717, 1.165) is 0 Å². The Hall–Kier alpha value is -1.49. The highest BCUT2D eigenvalue weighted by Crippen LogP contribution is 2.14. The van der Waals surface area contributed by atoms with Crippen molar-refractivity contribution in [2.45, 2.75) is 19.4 Å². The van der Waals surface area contributed by atoms with Gasteiger partial charge in [0.15, 0.2) is 0 Å². The number of carbonyl (C=O) groups is 1. The Labute approximate surface area is 105 Å². The molecule has 3 nitrogen and oxygen atoms in total. The molecule has 1 aliphatic rings. The number of rotatable bonds is 2. The molecule has 1 aliphatic heterocycles. The predicted molar refractivity (Wildman–Crippen MR) is 64.1 cm³/mol. The van der Waals surface area contributed by atoms with Crippen LogP contribution in [0.2, 0.25) is 0 Å². The van der Waals surface area contributed by atoms with E-state index in [0.29, 0.717) is 19.6 Å². The topological polar surface area (TPSA) is 32.3 Å². The summed E-state index contributed by atoms with van der Waals surface area (Å²) in [6.45, 7) is 3.85. The molecule has 2 rings (SSSR count). The molecule has 0 bridgehead atoms.